The summed E-state index contributed by atoms with van der Waals surface area (Å²) in [5.41, 5.74) is 3.34. The van der Waals surface area contributed by atoms with E-state index in [1.54, 1.807) is 70.1 Å². The number of thioether (sulfide) groups is 2. The number of aromatic nitrogens is 8. The normalized spacial score (nSPS) is 15.1. The monoisotopic (exact) mass is 646 g/mol. The average molecular weight is 647 g/mol. The highest BCUT2D eigenvalue weighted by atomic mass is 32.2. The van der Waals surface area contributed by atoms with Gasteiger partial charge in [-0.05, 0) is 48.5 Å². The van der Waals surface area contributed by atoms with Crippen molar-refractivity contribution >= 4 is 36.0 Å². The van der Waals surface area contributed by atoms with Gasteiger partial charge in [-0.3, -0.25) is 9.97 Å². The van der Waals surface area contributed by atoms with Crippen molar-refractivity contribution in [2.45, 2.75) is 10.3 Å². The van der Waals surface area contributed by atoms with Gasteiger partial charge in [0.2, 0.25) is 10.3 Å². The third-order valence-corrected chi connectivity index (χ3v) is 8.81. The third-order valence-electron chi connectivity index (χ3n) is 6.71. The summed E-state index contributed by atoms with van der Waals surface area (Å²) >= 11 is 3.10. The van der Waals surface area contributed by atoms with Crippen LogP contribution in [-0.2, 0) is 0 Å². The maximum atomic E-state index is 6.14. The van der Waals surface area contributed by atoms with Crippen molar-refractivity contribution < 1.29 is 9.47 Å². The van der Waals surface area contributed by atoms with Crippen LogP contribution in [0, 0.1) is 0 Å². The van der Waals surface area contributed by atoms with Crippen LogP contribution in [0.5, 0.6) is 11.5 Å². The first-order chi connectivity index (χ1) is 22.8. The summed E-state index contributed by atoms with van der Waals surface area (Å²) < 4.78 is 15.8. The van der Waals surface area contributed by atoms with E-state index >= 15 is 0 Å². The molecule has 7 rings (SSSR count). The minimum absolute atomic E-state index is 0.324. The van der Waals surface area contributed by atoms with Crippen LogP contribution in [0.25, 0.3) is 22.8 Å². The van der Waals surface area contributed by atoms with Crippen molar-refractivity contribution in [1.82, 2.24) is 39.7 Å². The average Bonchev–Trinajstić information content (AvgIpc) is 3.71. The quantitative estimate of drug-likeness (QED) is 0.241. The second kappa shape index (κ2) is 14.2. The molecule has 12 nitrogen and oxygen atoms in total. The summed E-state index contributed by atoms with van der Waals surface area (Å²) in [5.74, 6) is 3.99. The molecule has 46 heavy (non-hydrogen) atoms. The van der Waals surface area contributed by atoms with Crippen LogP contribution >= 0.6 is 23.5 Å². The number of nitrogens with zero attached hydrogens (tertiary/aromatic N) is 10. The van der Waals surface area contributed by atoms with Gasteiger partial charge < -0.3 is 9.47 Å². The highest BCUT2D eigenvalue weighted by Gasteiger charge is 2.17. The molecule has 0 radical (unpaired) electrons. The zero-order chi connectivity index (χ0) is 31.0. The number of pyridine rings is 2. The molecule has 2 aromatic carbocycles. The Bertz CT molecular complexity index is 1840. The fraction of sp³-hybridized carbons (Fsp3) is 0.125. The zero-order valence-corrected chi connectivity index (χ0v) is 26.0. The minimum Gasteiger partial charge on any atom is -0.489 e. The summed E-state index contributed by atoms with van der Waals surface area (Å²) in [6.07, 6.45) is 10.4. The van der Waals surface area contributed by atoms with E-state index in [1.807, 2.05) is 72.8 Å². The fourth-order valence-corrected chi connectivity index (χ4v) is 6.27. The molecule has 0 N–H and O–H groups in total. The number of hydrogen-bond acceptors (Lipinski definition) is 12. The number of ether oxygens (including phenoxy) is 2. The van der Waals surface area contributed by atoms with Crippen LogP contribution in [0.15, 0.2) is 118 Å². The molecule has 0 atom stereocenters. The lowest BCUT2D eigenvalue weighted by molar-refractivity contribution is 0.217. The highest BCUT2D eigenvalue weighted by Crippen LogP contribution is 2.28. The maximum absolute atomic E-state index is 6.14. The van der Waals surface area contributed by atoms with Crippen LogP contribution in [0.2, 0.25) is 0 Å². The first kappa shape index (κ1) is 29.4. The molecule has 0 saturated carbocycles. The van der Waals surface area contributed by atoms with E-state index in [1.165, 1.54) is 0 Å². The fourth-order valence-electron chi connectivity index (χ4n) is 4.53. The molecule has 228 valence electrons. The Balaban J connectivity index is 1.24. The van der Waals surface area contributed by atoms with Gasteiger partial charge in [0.05, 0.1) is 12.4 Å². The lowest BCUT2D eigenvalue weighted by atomic mass is 10.2. The summed E-state index contributed by atoms with van der Waals surface area (Å²) in [4.78, 5) is 8.28. The maximum Gasteiger partial charge on any atom is 0.212 e. The smallest absolute Gasteiger partial charge is 0.212 e. The lowest BCUT2D eigenvalue weighted by Crippen LogP contribution is -2.11. The standard InChI is InChI=1S/C32H26N10O2S2/c1-3-7-27-25(5-1)21-35-41-29(23-9-13-33-14-10-23)37-39-31(41)45-19-20-46-32-40-38-30(24-11-15-34-16-12-24)42(32)36-22-26-6-2-4-8-28(26)44-18-17-43-27/h1-16,21-22H,17-20H2/b35-21-,36-22-. The van der Waals surface area contributed by atoms with Crippen LogP contribution in [0.4, 0.5) is 0 Å². The first-order valence-electron chi connectivity index (χ1n) is 14.3. The molecule has 0 spiro atoms. The number of rotatable bonds is 2. The van der Waals surface area contributed by atoms with E-state index in [2.05, 4.69) is 30.4 Å². The largest absolute Gasteiger partial charge is 0.489 e. The lowest BCUT2D eigenvalue weighted by Gasteiger charge is -2.12. The molecule has 4 aromatic heterocycles. The molecule has 1 aliphatic rings. The van der Waals surface area contributed by atoms with Crippen LogP contribution in [-0.4, -0.2) is 76.9 Å². The second-order valence-corrected chi connectivity index (χ2v) is 11.8. The Labute approximate surface area is 272 Å². The van der Waals surface area contributed by atoms with Crippen molar-refractivity contribution in [3.63, 3.8) is 0 Å². The highest BCUT2D eigenvalue weighted by molar-refractivity contribution is 8.02. The Morgan fingerprint density at radius 3 is 1.41 bits per heavy atom. The summed E-state index contributed by atoms with van der Waals surface area (Å²) in [6, 6.07) is 23.0. The molecule has 0 amide bonds. The minimum atomic E-state index is 0.324. The van der Waals surface area contributed by atoms with Gasteiger partial charge in [-0.15, -0.1) is 20.4 Å². The Morgan fingerprint density at radius 1 is 0.522 bits per heavy atom. The van der Waals surface area contributed by atoms with E-state index in [0.717, 1.165) is 22.3 Å². The van der Waals surface area contributed by atoms with Crippen LogP contribution in [0.3, 0.4) is 0 Å². The van der Waals surface area contributed by atoms with Gasteiger partial charge in [0, 0.05) is 58.5 Å². The van der Waals surface area contributed by atoms with Gasteiger partial charge in [-0.2, -0.15) is 19.6 Å². The Morgan fingerprint density at radius 2 is 0.957 bits per heavy atom. The van der Waals surface area contributed by atoms with Gasteiger partial charge >= 0.3 is 0 Å². The molecule has 5 heterocycles. The van der Waals surface area contributed by atoms with Gasteiger partial charge in [0.25, 0.3) is 0 Å². The van der Waals surface area contributed by atoms with Crippen molar-refractivity contribution in [2.75, 3.05) is 24.7 Å². The molecule has 0 saturated heterocycles. The molecule has 0 unspecified atom stereocenters. The molecular formula is C32H26N10O2S2. The van der Waals surface area contributed by atoms with E-state index < -0.39 is 0 Å². The van der Waals surface area contributed by atoms with Gasteiger partial charge in [0.1, 0.15) is 24.7 Å². The van der Waals surface area contributed by atoms with Gasteiger partial charge in [-0.1, -0.05) is 47.8 Å². The number of hydrogen-bond donors (Lipinski definition) is 0. The zero-order valence-electron chi connectivity index (χ0n) is 24.3. The second-order valence-electron chi connectivity index (χ2n) is 9.67. The van der Waals surface area contributed by atoms with Crippen molar-refractivity contribution in [3.05, 3.63) is 109 Å². The molecule has 0 aliphatic carbocycles. The van der Waals surface area contributed by atoms with Crippen LogP contribution in [0.1, 0.15) is 11.1 Å². The van der Waals surface area contributed by atoms with E-state index in [9.17, 15) is 0 Å². The molecule has 1 aliphatic heterocycles. The predicted molar refractivity (Wildman–Crippen MR) is 178 cm³/mol. The summed E-state index contributed by atoms with van der Waals surface area (Å²) in [5, 5.41) is 28.8. The van der Waals surface area contributed by atoms with Crippen molar-refractivity contribution in [1.29, 1.82) is 0 Å². The summed E-state index contributed by atoms with van der Waals surface area (Å²) in [7, 11) is 0. The van der Waals surface area contributed by atoms with Crippen LogP contribution < -0.4 is 9.47 Å². The topological polar surface area (TPSA) is 130 Å². The first-order valence-corrected chi connectivity index (χ1v) is 16.3. The van der Waals surface area contributed by atoms with E-state index in [4.69, 9.17) is 19.7 Å². The SMILES string of the molecule is C1=N\n2c(nnc2-c2ccncc2)SCCSc2nnc(-c3ccncc3)n2/N=C\c2ccccc2OCCOc2ccccc2/1. The molecule has 0 bridgehead atoms. The Kier molecular flexibility index (Phi) is 9.05. The molecule has 14 heteroatoms. The number of fused-ring (bicyclic) bond motifs is 4. The number of para-hydroxylation sites is 2. The van der Waals surface area contributed by atoms with E-state index in [-0.39, 0.29) is 0 Å². The van der Waals surface area contributed by atoms with Crippen molar-refractivity contribution in [3.8, 4) is 34.3 Å². The van der Waals surface area contributed by atoms with Gasteiger partial charge in [0.15, 0.2) is 11.6 Å². The number of benzene rings is 2. The molecular weight excluding hydrogens is 621 g/mol. The Hall–Kier alpha value is -5.34. The van der Waals surface area contributed by atoms with Gasteiger partial charge in [-0.25, -0.2) is 0 Å². The third kappa shape index (κ3) is 6.67. The molecule has 6 aromatic rings. The van der Waals surface area contributed by atoms with Crippen molar-refractivity contribution in [2.24, 2.45) is 10.2 Å². The summed E-state index contributed by atoms with van der Waals surface area (Å²) in [6.45, 7) is 0.648. The van der Waals surface area contributed by atoms with E-state index in [0.29, 0.717) is 58.2 Å². The molecule has 0 fully saturated rings. The predicted octanol–water partition coefficient (Wildman–Crippen LogP) is 5.41.